The molecule has 2 aromatic carbocycles. The Balaban J connectivity index is 1.40. The highest BCUT2D eigenvalue weighted by Crippen LogP contribution is 2.48. The predicted molar refractivity (Wildman–Crippen MR) is 176 cm³/mol. The summed E-state index contributed by atoms with van der Waals surface area (Å²) in [7, 11) is 1.66. The third-order valence-electron chi connectivity index (χ3n) is 10.6. The average Bonchev–Trinajstić information content (AvgIpc) is 3.37. The minimum absolute atomic E-state index is 0.0209. The Morgan fingerprint density at radius 3 is 2.53 bits per heavy atom. The fourth-order valence-corrected chi connectivity index (χ4v) is 8.01. The lowest BCUT2D eigenvalue weighted by molar-refractivity contribution is 0.0505. The van der Waals surface area contributed by atoms with Gasteiger partial charge in [-0.25, -0.2) is 4.39 Å². The quantitative estimate of drug-likeness (QED) is 0.361. The number of anilines is 1. The van der Waals surface area contributed by atoms with E-state index in [9.17, 15) is 4.79 Å². The van der Waals surface area contributed by atoms with Crippen molar-refractivity contribution in [3.05, 3.63) is 75.4 Å². The van der Waals surface area contributed by atoms with Gasteiger partial charge in [-0.2, -0.15) is 0 Å². The van der Waals surface area contributed by atoms with E-state index in [1.165, 1.54) is 5.56 Å². The number of hydrogen-bond donors (Lipinski definition) is 2. The number of carbonyl (C=O) groups excluding carboxylic acids is 1. The molecule has 2 N–H and O–H groups in total. The lowest BCUT2D eigenvalue weighted by Crippen LogP contribution is -2.40. The zero-order valence-corrected chi connectivity index (χ0v) is 27.5. The van der Waals surface area contributed by atoms with Gasteiger partial charge in [-0.3, -0.25) is 4.79 Å². The van der Waals surface area contributed by atoms with E-state index in [2.05, 4.69) is 41.5 Å². The molecule has 0 bridgehead atoms. The molecule has 1 aliphatic carbocycles. The maximum absolute atomic E-state index is 16.2. The number of dihydropyridines is 1. The van der Waals surface area contributed by atoms with Crippen LogP contribution in [0.3, 0.4) is 0 Å². The van der Waals surface area contributed by atoms with Crippen LogP contribution in [0.5, 0.6) is 0 Å². The summed E-state index contributed by atoms with van der Waals surface area (Å²) in [6.07, 6.45) is 7.66. The monoisotopic (exact) mass is 617 g/mol. The molecule has 4 aliphatic rings. The first-order valence-corrected chi connectivity index (χ1v) is 16.6. The molecule has 1 unspecified atom stereocenters. The fraction of sp³-hybridized carbons (Fsp3) is 0.541. The summed E-state index contributed by atoms with van der Waals surface area (Å²) in [6, 6.07) is 8.14. The summed E-state index contributed by atoms with van der Waals surface area (Å²) in [4.78, 5) is 16.4. The molecule has 1 amide bonds. The molecular weight excluding hydrogens is 569 g/mol. The molecular formula is C37H48FN3O4. The van der Waals surface area contributed by atoms with Gasteiger partial charge in [0.05, 0.1) is 7.11 Å². The van der Waals surface area contributed by atoms with Crippen LogP contribution in [0.4, 0.5) is 10.1 Å². The van der Waals surface area contributed by atoms with Crippen molar-refractivity contribution in [2.24, 2.45) is 0 Å². The maximum atomic E-state index is 16.2. The standard InChI is InChI=1S/C37H48FN3O4/c1-6-41(28-8-13-44-14-9-28)34-20-27(30-18-26-7-10-37(11-15-45-16-12-37)32(26)21-33(30)38)19-29(24(34)3)36(42)39-22-31-25(4)40-23(2)17-35(31)43-5/h17-21,25,28,40H,6-16,22H2,1-5H3,(H,39,42). The molecule has 0 saturated carbocycles. The topological polar surface area (TPSA) is 72.1 Å². The van der Waals surface area contributed by atoms with Crippen molar-refractivity contribution < 1.29 is 23.4 Å². The molecule has 2 fully saturated rings. The van der Waals surface area contributed by atoms with Crippen molar-refractivity contribution in [3.8, 4) is 11.1 Å². The fourth-order valence-electron chi connectivity index (χ4n) is 8.01. The van der Waals surface area contributed by atoms with E-state index in [1.54, 1.807) is 13.2 Å². The number of carbonyl (C=O) groups is 1. The van der Waals surface area contributed by atoms with Gasteiger partial charge in [0.2, 0.25) is 0 Å². The molecule has 6 rings (SSSR count). The number of aryl methyl sites for hydroxylation is 1. The van der Waals surface area contributed by atoms with Crippen molar-refractivity contribution in [2.45, 2.75) is 83.7 Å². The molecule has 1 spiro atoms. The van der Waals surface area contributed by atoms with Crippen LogP contribution < -0.4 is 15.5 Å². The normalized spacial score (nSPS) is 21.3. The van der Waals surface area contributed by atoms with Crippen LogP contribution in [0, 0.1) is 12.7 Å². The largest absolute Gasteiger partial charge is 0.497 e. The number of fused-ring (bicyclic) bond motifs is 2. The smallest absolute Gasteiger partial charge is 0.251 e. The summed E-state index contributed by atoms with van der Waals surface area (Å²) in [5.74, 6) is 0.364. The average molecular weight is 618 g/mol. The van der Waals surface area contributed by atoms with Gasteiger partial charge in [0.25, 0.3) is 5.91 Å². The Hall–Kier alpha value is -3.36. The lowest BCUT2D eigenvalue weighted by atomic mass is 9.75. The van der Waals surface area contributed by atoms with Gasteiger partial charge < -0.3 is 29.7 Å². The Morgan fingerprint density at radius 2 is 1.82 bits per heavy atom. The summed E-state index contributed by atoms with van der Waals surface area (Å²) < 4.78 is 33.2. The number of hydrogen-bond acceptors (Lipinski definition) is 6. The van der Waals surface area contributed by atoms with E-state index in [0.717, 1.165) is 111 Å². The van der Waals surface area contributed by atoms with Crippen molar-refractivity contribution >= 4 is 11.6 Å². The zero-order chi connectivity index (χ0) is 31.7. The molecule has 8 heteroatoms. The van der Waals surface area contributed by atoms with Crippen LogP contribution in [0.25, 0.3) is 11.1 Å². The van der Waals surface area contributed by atoms with Gasteiger partial charge in [0.1, 0.15) is 11.6 Å². The predicted octanol–water partition coefficient (Wildman–Crippen LogP) is 6.33. The van der Waals surface area contributed by atoms with E-state index >= 15 is 4.39 Å². The Kier molecular flexibility index (Phi) is 9.25. The highest BCUT2D eigenvalue weighted by atomic mass is 19.1. The lowest BCUT2D eigenvalue weighted by Gasteiger charge is -2.37. The Morgan fingerprint density at radius 1 is 1.09 bits per heavy atom. The number of halogens is 1. The molecule has 242 valence electrons. The van der Waals surface area contributed by atoms with Crippen molar-refractivity contribution in [1.82, 2.24) is 10.6 Å². The van der Waals surface area contributed by atoms with Gasteiger partial charge in [0.15, 0.2) is 0 Å². The van der Waals surface area contributed by atoms with E-state index in [4.69, 9.17) is 14.2 Å². The molecule has 7 nitrogen and oxygen atoms in total. The summed E-state index contributed by atoms with van der Waals surface area (Å²) in [5, 5.41) is 6.59. The Bertz CT molecular complexity index is 1500. The summed E-state index contributed by atoms with van der Waals surface area (Å²) >= 11 is 0. The third-order valence-corrected chi connectivity index (χ3v) is 10.6. The number of ether oxygens (including phenoxy) is 3. The second kappa shape index (κ2) is 13.2. The highest BCUT2D eigenvalue weighted by Gasteiger charge is 2.40. The molecule has 1 atom stereocenters. The van der Waals surface area contributed by atoms with Crippen LogP contribution >= 0.6 is 0 Å². The van der Waals surface area contributed by atoms with Crippen LogP contribution in [0.1, 0.15) is 79.9 Å². The SMILES string of the molecule is CCN(c1cc(-c2cc3c(cc2F)C2(CCOCC2)CC3)cc(C(=O)NCC2=C(OC)C=C(C)NC2C)c1C)C1CCOCC1. The number of benzene rings is 2. The first-order valence-electron chi connectivity index (χ1n) is 16.6. The Labute approximate surface area is 267 Å². The van der Waals surface area contributed by atoms with Crippen molar-refractivity contribution in [1.29, 1.82) is 0 Å². The number of amides is 1. The van der Waals surface area contributed by atoms with Crippen molar-refractivity contribution in [2.75, 3.05) is 51.5 Å². The first kappa shape index (κ1) is 31.6. The zero-order valence-electron chi connectivity index (χ0n) is 27.5. The van der Waals surface area contributed by atoms with E-state index < -0.39 is 0 Å². The van der Waals surface area contributed by atoms with E-state index in [1.807, 2.05) is 26.0 Å². The minimum atomic E-state index is -0.226. The molecule has 3 heterocycles. The van der Waals surface area contributed by atoms with Gasteiger partial charge in [-0.1, -0.05) is 0 Å². The number of allylic oxidation sites excluding steroid dienone is 2. The van der Waals surface area contributed by atoms with Gasteiger partial charge >= 0.3 is 0 Å². The first-order chi connectivity index (χ1) is 21.7. The summed E-state index contributed by atoms with van der Waals surface area (Å²) in [5.41, 5.74) is 8.15. The molecule has 0 radical (unpaired) electrons. The van der Waals surface area contributed by atoms with E-state index in [0.29, 0.717) is 23.7 Å². The number of nitrogens with one attached hydrogen (secondary N) is 2. The molecule has 3 aliphatic heterocycles. The third kappa shape index (κ3) is 6.11. The second-order valence-electron chi connectivity index (χ2n) is 13.1. The molecule has 45 heavy (non-hydrogen) atoms. The number of rotatable bonds is 8. The van der Waals surface area contributed by atoms with Crippen LogP contribution in [0.15, 0.2) is 47.4 Å². The minimum Gasteiger partial charge on any atom is -0.497 e. The number of methoxy groups -OCH3 is 1. The highest BCUT2D eigenvalue weighted by molar-refractivity contribution is 5.99. The van der Waals surface area contributed by atoms with Gasteiger partial charge in [-0.15, -0.1) is 0 Å². The molecule has 2 saturated heterocycles. The maximum Gasteiger partial charge on any atom is 0.251 e. The summed E-state index contributed by atoms with van der Waals surface area (Å²) in [6.45, 7) is 12.3. The second-order valence-corrected chi connectivity index (χ2v) is 13.1. The van der Waals surface area contributed by atoms with Crippen LogP contribution in [-0.4, -0.2) is 64.6 Å². The molecule has 0 aromatic heterocycles. The molecule has 2 aromatic rings. The van der Waals surface area contributed by atoms with Crippen LogP contribution in [0.2, 0.25) is 0 Å². The number of nitrogens with zero attached hydrogens (tertiary/aromatic N) is 1. The van der Waals surface area contributed by atoms with Crippen molar-refractivity contribution in [3.63, 3.8) is 0 Å². The van der Waals surface area contributed by atoms with Gasteiger partial charge in [-0.05, 0) is 119 Å². The van der Waals surface area contributed by atoms with E-state index in [-0.39, 0.29) is 23.2 Å². The van der Waals surface area contributed by atoms with Gasteiger partial charge in [0, 0.05) is 85.1 Å². The van der Waals surface area contributed by atoms with Crippen LogP contribution in [-0.2, 0) is 26.0 Å².